The Hall–Kier alpha value is -0.963. The van der Waals surface area contributed by atoms with Crippen molar-refractivity contribution in [3.05, 3.63) is 0 Å². The molecule has 2 amide bonds. The zero-order chi connectivity index (χ0) is 21.6. The van der Waals surface area contributed by atoms with Crippen LogP contribution in [0.3, 0.4) is 0 Å². The highest BCUT2D eigenvalue weighted by atomic mass is 28.4. The van der Waals surface area contributed by atoms with Crippen LogP contribution in [0.2, 0.25) is 6.04 Å². The molecule has 0 aliphatic rings. The first kappa shape index (κ1) is 27.0. The maximum Gasteiger partial charge on any atom is 0.500 e. The third-order valence-electron chi connectivity index (χ3n) is 4.81. The molecule has 0 saturated heterocycles. The van der Waals surface area contributed by atoms with Crippen LogP contribution in [0, 0.1) is 5.92 Å². The van der Waals surface area contributed by atoms with Gasteiger partial charge in [0.25, 0.3) is 0 Å². The van der Waals surface area contributed by atoms with Crippen molar-refractivity contribution in [3.63, 3.8) is 0 Å². The molecule has 0 aromatic carbocycles. The fraction of sp³-hybridized carbons (Fsp3) is 0.900. The Morgan fingerprint density at radius 2 is 1.07 bits per heavy atom. The molecular weight excluding hydrogens is 376 g/mol. The Morgan fingerprint density at radius 3 is 1.36 bits per heavy atom. The Morgan fingerprint density at radius 1 is 0.714 bits per heavy atom. The SMILES string of the molecule is CCO[Si](CCCC(C(=O)N(CC)CC)C(=O)N(CC)CC)(OCC)OCC. The van der Waals surface area contributed by atoms with E-state index >= 15 is 0 Å². The lowest BCUT2D eigenvalue weighted by Gasteiger charge is -2.31. The molecule has 0 heterocycles. The molecule has 8 heteroatoms. The van der Waals surface area contributed by atoms with Gasteiger partial charge in [0.05, 0.1) is 0 Å². The topological polar surface area (TPSA) is 68.3 Å². The van der Waals surface area contributed by atoms with Crippen LogP contribution in [0.4, 0.5) is 0 Å². The van der Waals surface area contributed by atoms with Crippen LogP contribution in [0.5, 0.6) is 0 Å². The molecule has 28 heavy (non-hydrogen) atoms. The highest BCUT2D eigenvalue weighted by Crippen LogP contribution is 2.23. The standard InChI is InChI=1S/C20H42N2O5Si/c1-8-21(9-2)19(23)18(20(24)22(10-3)11-4)16-15-17-28(25-12-5,26-13-6)27-14-7/h18H,8-17H2,1-7H3. The normalized spacial score (nSPS) is 11.7. The second-order valence-electron chi connectivity index (χ2n) is 6.45. The first-order chi connectivity index (χ1) is 13.4. The van der Waals surface area contributed by atoms with Crippen LogP contribution < -0.4 is 0 Å². The first-order valence-corrected chi connectivity index (χ1v) is 12.8. The van der Waals surface area contributed by atoms with Crippen LogP contribution in [-0.2, 0) is 22.9 Å². The van der Waals surface area contributed by atoms with Gasteiger partial charge < -0.3 is 23.1 Å². The van der Waals surface area contributed by atoms with E-state index in [1.165, 1.54) is 0 Å². The van der Waals surface area contributed by atoms with Crippen molar-refractivity contribution in [3.8, 4) is 0 Å². The zero-order valence-electron chi connectivity index (χ0n) is 19.1. The zero-order valence-corrected chi connectivity index (χ0v) is 20.1. The fourth-order valence-corrected chi connectivity index (χ4v) is 6.03. The van der Waals surface area contributed by atoms with Crippen molar-refractivity contribution in [1.29, 1.82) is 0 Å². The van der Waals surface area contributed by atoms with Gasteiger partial charge in [-0.2, -0.15) is 0 Å². The Balaban J connectivity index is 5.36. The van der Waals surface area contributed by atoms with Crippen molar-refractivity contribution in [2.24, 2.45) is 5.92 Å². The van der Waals surface area contributed by atoms with E-state index in [-0.39, 0.29) is 11.8 Å². The minimum absolute atomic E-state index is 0.0848. The van der Waals surface area contributed by atoms with E-state index in [1.54, 1.807) is 9.80 Å². The lowest BCUT2D eigenvalue weighted by molar-refractivity contribution is -0.147. The molecule has 0 fully saturated rings. The van der Waals surface area contributed by atoms with Crippen LogP contribution in [0.25, 0.3) is 0 Å². The van der Waals surface area contributed by atoms with Crippen molar-refractivity contribution < 1.29 is 22.9 Å². The lowest BCUT2D eigenvalue weighted by Crippen LogP contribution is -2.47. The average Bonchev–Trinajstić information content (AvgIpc) is 2.67. The number of rotatable bonds is 16. The van der Waals surface area contributed by atoms with Gasteiger partial charge in [0.1, 0.15) is 5.92 Å². The first-order valence-electron chi connectivity index (χ1n) is 10.9. The summed E-state index contributed by atoms with van der Waals surface area (Å²) in [7, 11) is -2.77. The summed E-state index contributed by atoms with van der Waals surface area (Å²) in [5, 5.41) is 0. The molecule has 166 valence electrons. The van der Waals surface area contributed by atoms with Gasteiger partial charge in [0.15, 0.2) is 0 Å². The Labute approximate surface area is 173 Å². The summed E-state index contributed by atoms with van der Waals surface area (Å²) in [5.74, 6) is -0.826. The molecule has 0 spiro atoms. The number of carbonyl (C=O) groups is 2. The fourth-order valence-electron chi connectivity index (χ4n) is 3.39. The predicted octanol–water partition coefficient (Wildman–Crippen LogP) is 3.17. The van der Waals surface area contributed by atoms with E-state index in [9.17, 15) is 9.59 Å². The molecule has 0 saturated carbocycles. The summed E-state index contributed by atoms with van der Waals surface area (Å²) in [6, 6.07) is 0.607. The second-order valence-corrected chi connectivity index (χ2v) is 9.18. The van der Waals surface area contributed by atoms with Gasteiger partial charge in [0, 0.05) is 52.0 Å². The molecule has 0 aliphatic carbocycles. The summed E-state index contributed by atoms with van der Waals surface area (Å²) in [6.45, 7) is 17.5. The molecule has 7 nitrogen and oxygen atoms in total. The van der Waals surface area contributed by atoms with E-state index in [4.69, 9.17) is 13.3 Å². The van der Waals surface area contributed by atoms with E-state index in [0.717, 1.165) is 0 Å². The van der Waals surface area contributed by atoms with E-state index < -0.39 is 14.7 Å². The molecule has 0 aromatic heterocycles. The molecule has 0 rings (SSSR count). The third-order valence-corrected chi connectivity index (χ3v) is 7.97. The van der Waals surface area contributed by atoms with Crippen LogP contribution >= 0.6 is 0 Å². The summed E-state index contributed by atoms with van der Waals surface area (Å²) >= 11 is 0. The van der Waals surface area contributed by atoms with Gasteiger partial charge in [-0.3, -0.25) is 9.59 Å². The van der Waals surface area contributed by atoms with Gasteiger partial charge in [-0.15, -0.1) is 0 Å². The van der Waals surface area contributed by atoms with Gasteiger partial charge in [-0.25, -0.2) is 0 Å². The van der Waals surface area contributed by atoms with Gasteiger partial charge in [-0.05, 0) is 61.3 Å². The molecule has 0 atom stereocenters. The predicted molar refractivity (Wildman–Crippen MR) is 114 cm³/mol. The van der Waals surface area contributed by atoms with E-state index in [2.05, 4.69) is 0 Å². The summed E-state index contributed by atoms with van der Waals surface area (Å²) in [4.78, 5) is 29.5. The number of hydrogen-bond donors (Lipinski definition) is 0. The summed E-state index contributed by atoms with van der Waals surface area (Å²) in [6.07, 6.45) is 1.13. The molecule has 0 N–H and O–H groups in total. The van der Waals surface area contributed by atoms with Crippen molar-refractivity contribution in [2.45, 2.75) is 67.4 Å². The number of hydrogen-bond acceptors (Lipinski definition) is 5. The minimum atomic E-state index is -2.77. The highest BCUT2D eigenvalue weighted by molar-refractivity contribution is 6.60. The second kappa shape index (κ2) is 15.0. The third kappa shape index (κ3) is 8.19. The molecule has 0 aliphatic heterocycles. The number of amides is 2. The van der Waals surface area contributed by atoms with Gasteiger partial charge in [0.2, 0.25) is 11.8 Å². The van der Waals surface area contributed by atoms with Crippen molar-refractivity contribution >= 4 is 20.6 Å². The lowest BCUT2D eigenvalue weighted by atomic mass is 9.99. The summed E-state index contributed by atoms with van der Waals surface area (Å²) in [5.41, 5.74) is 0. The monoisotopic (exact) mass is 418 g/mol. The van der Waals surface area contributed by atoms with Gasteiger partial charge >= 0.3 is 8.80 Å². The highest BCUT2D eigenvalue weighted by Gasteiger charge is 2.41. The smallest absolute Gasteiger partial charge is 0.374 e. The van der Waals surface area contributed by atoms with Gasteiger partial charge in [-0.1, -0.05) is 0 Å². The molecular formula is C20H42N2O5Si. The van der Waals surface area contributed by atoms with Crippen LogP contribution in [0.15, 0.2) is 0 Å². The summed E-state index contributed by atoms with van der Waals surface area (Å²) < 4.78 is 17.7. The molecule has 0 bridgehead atoms. The number of nitrogens with zero attached hydrogens (tertiary/aromatic N) is 2. The van der Waals surface area contributed by atoms with Crippen LogP contribution in [-0.4, -0.2) is 76.4 Å². The van der Waals surface area contributed by atoms with Crippen molar-refractivity contribution in [1.82, 2.24) is 9.80 Å². The van der Waals surface area contributed by atoms with Crippen LogP contribution in [0.1, 0.15) is 61.3 Å². The Kier molecular flexibility index (Phi) is 14.4. The van der Waals surface area contributed by atoms with Crippen molar-refractivity contribution in [2.75, 3.05) is 46.0 Å². The number of carbonyl (C=O) groups excluding carboxylic acids is 2. The molecule has 0 unspecified atom stereocenters. The largest absolute Gasteiger partial charge is 0.500 e. The van der Waals surface area contributed by atoms with E-state index in [0.29, 0.717) is 64.9 Å². The molecule has 0 radical (unpaired) electrons. The average molecular weight is 419 g/mol. The maximum absolute atomic E-state index is 13.0. The molecule has 0 aromatic rings. The minimum Gasteiger partial charge on any atom is -0.374 e. The Bertz CT molecular complexity index is 401. The van der Waals surface area contributed by atoms with E-state index in [1.807, 2.05) is 48.5 Å². The quantitative estimate of drug-likeness (QED) is 0.284. The maximum atomic E-state index is 13.0.